The molecule has 120 valence electrons. The number of aromatic amines is 1. The molecule has 0 amide bonds. The van der Waals surface area contributed by atoms with Gasteiger partial charge in [-0.1, -0.05) is 28.1 Å². The van der Waals surface area contributed by atoms with E-state index in [1.165, 1.54) is 6.92 Å². The molecule has 0 aliphatic rings. The predicted octanol–water partition coefficient (Wildman–Crippen LogP) is 3.64. The van der Waals surface area contributed by atoms with Gasteiger partial charge in [0.05, 0.1) is 0 Å². The summed E-state index contributed by atoms with van der Waals surface area (Å²) in [5.41, 5.74) is 2.29. The van der Waals surface area contributed by atoms with Crippen LogP contribution in [-0.2, 0) is 4.74 Å². The molecule has 0 aliphatic heterocycles. The minimum atomic E-state index is -0.651. The molecule has 23 heavy (non-hydrogen) atoms. The average Bonchev–Trinajstić information content (AvgIpc) is 2.79. The quantitative estimate of drug-likeness (QED) is 0.637. The first-order chi connectivity index (χ1) is 10.8. The van der Waals surface area contributed by atoms with Gasteiger partial charge in [0.2, 0.25) is 0 Å². The van der Waals surface area contributed by atoms with E-state index in [1.54, 1.807) is 38.1 Å². The van der Waals surface area contributed by atoms with Crippen LogP contribution in [0.3, 0.4) is 0 Å². The predicted molar refractivity (Wildman–Crippen MR) is 89.0 cm³/mol. The third kappa shape index (κ3) is 3.76. The molecule has 1 aromatic carbocycles. The minimum absolute atomic E-state index is 0.125. The van der Waals surface area contributed by atoms with Crippen molar-refractivity contribution in [2.24, 2.45) is 0 Å². The highest BCUT2D eigenvalue weighted by molar-refractivity contribution is 9.10. The Morgan fingerprint density at radius 3 is 2.48 bits per heavy atom. The van der Waals surface area contributed by atoms with Crippen LogP contribution in [0.5, 0.6) is 0 Å². The number of aromatic nitrogens is 1. The van der Waals surface area contributed by atoms with Crippen molar-refractivity contribution in [3.8, 4) is 0 Å². The van der Waals surface area contributed by atoms with Crippen LogP contribution >= 0.6 is 15.9 Å². The van der Waals surface area contributed by atoms with Gasteiger partial charge in [0.15, 0.2) is 18.2 Å². The summed E-state index contributed by atoms with van der Waals surface area (Å²) < 4.78 is 5.84. The zero-order valence-corrected chi connectivity index (χ0v) is 14.6. The van der Waals surface area contributed by atoms with E-state index in [0.29, 0.717) is 22.4 Å². The lowest BCUT2D eigenvalue weighted by molar-refractivity contribution is 0.0468. The number of ether oxygens (including phenoxy) is 1. The number of H-pyrrole nitrogens is 1. The lowest BCUT2D eigenvalue weighted by Crippen LogP contribution is -2.15. The highest BCUT2D eigenvalue weighted by Gasteiger charge is 2.21. The van der Waals surface area contributed by atoms with Crippen molar-refractivity contribution in [3.63, 3.8) is 0 Å². The Morgan fingerprint density at radius 1 is 1.22 bits per heavy atom. The molecule has 0 unspecified atom stereocenters. The fraction of sp³-hybridized carbons (Fsp3) is 0.235. The first-order valence-electron chi connectivity index (χ1n) is 6.97. The largest absolute Gasteiger partial charge is 0.453 e. The summed E-state index contributed by atoms with van der Waals surface area (Å²) in [5.74, 6) is -1.07. The summed E-state index contributed by atoms with van der Waals surface area (Å²) in [5, 5.41) is 0. The van der Waals surface area contributed by atoms with Crippen LogP contribution in [0, 0.1) is 13.8 Å². The van der Waals surface area contributed by atoms with E-state index < -0.39 is 5.97 Å². The van der Waals surface area contributed by atoms with Gasteiger partial charge in [-0.05, 0) is 38.5 Å². The summed E-state index contributed by atoms with van der Waals surface area (Å²) in [7, 11) is 0. The van der Waals surface area contributed by atoms with E-state index in [0.717, 1.165) is 4.47 Å². The number of ketones is 2. The maximum atomic E-state index is 12.1. The molecule has 6 heteroatoms. The third-order valence-electron chi connectivity index (χ3n) is 3.47. The molecule has 0 saturated heterocycles. The van der Waals surface area contributed by atoms with Gasteiger partial charge in [0.25, 0.3) is 0 Å². The second-order valence-electron chi connectivity index (χ2n) is 5.19. The van der Waals surface area contributed by atoms with Crippen LogP contribution in [0.1, 0.15) is 49.4 Å². The number of Topliss-reactive ketones (excluding diaryl/α,β-unsaturated/α-hetero) is 2. The highest BCUT2D eigenvalue weighted by atomic mass is 79.9. The molecule has 0 bridgehead atoms. The standard InChI is InChI=1S/C17H16BrNO4/c1-9-15(11(3)20)10(2)19-16(9)17(22)23-8-14(21)12-5-4-6-13(18)7-12/h4-7,19H,8H2,1-3H3. The number of carbonyl (C=O) groups is 3. The summed E-state index contributed by atoms with van der Waals surface area (Å²) >= 11 is 3.28. The van der Waals surface area contributed by atoms with Crippen LogP contribution < -0.4 is 0 Å². The molecule has 0 fully saturated rings. The van der Waals surface area contributed by atoms with Crippen molar-refractivity contribution in [1.29, 1.82) is 0 Å². The number of hydrogen-bond acceptors (Lipinski definition) is 4. The zero-order chi connectivity index (χ0) is 17.1. The molecule has 1 N–H and O–H groups in total. The van der Waals surface area contributed by atoms with Crippen molar-refractivity contribution in [2.75, 3.05) is 6.61 Å². The fourth-order valence-electron chi connectivity index (χ4n) is 2.43. The van der Waals surface area contributed by atoms with Crippen molar-refractivity contribution in [2.45, 2.75) is 20.8 Å². The second kappa shape index (κ2) is 6.91. The molecule has 0 spiro atoms. The lowest BCUT2D eigenvalue weighted by Gasteiger charge is -2.05. The van der Waals surface area contributed by atoms with Crippen molar-refractivity contribution >= 4 is 33.5 Å². The summed E-state index contributed by atoms with van der Waals surface area (Å²) in [4.78, 5) is 38.6. The van der Waals surface area contributed by atoms with Gasteiger partial charge in [0.1, 0.15) is 5.69 Å². The van der Waals surface area contributed by atoms with Gasteiger partial charge in [-0.15, -0.1) is 0 Å². The molecule has 0 saturated carbocycles. The van der Waals surface area contributed by atoms with Crippen molar-refractivity contribution in [3.05, 3.63) is 56.8 Å². The monoisotopic (exact) mass is 377 g/mol. The van der Waals surface area contributed by atoms with E-state index >= 15 is 0 Å². The van der Waals surface area contributed by atoms with Crippen LogP contribution in [0.25, 0.3) is 0 Å². The number of nitrogens with one attached hydrogen (secondary N) is 1. The van der Waals surface area contributed by atoms with E-state index in [-0.39, 0.29) is 23.9 Å². The fourth-order valence-corrected chi connectivity index (χ4v) is 2.83. The molecule has 0 atom stereocenters. The van der Waals surface area contributed by atoms with Gasteiger partial charge in [0, 0.05) is 21.3 Å². The van der Waals surface area contributed by atoms with Gasteiger partial charge in [-0.25, -0.2) is 4.79 Å². The van der Waals surface area contributed by atoms with E-state index in [1.807, 2.05) is 0 Å². The minimum Gasteiger partial charge on any atom is -0.453 e. The topological polar surface area (TPSA) is 76.2 Å². The van der Waals surface area contributed by atoms with E-state index in [4.69, 9.17) is 4.74 Å². The summed E-state index contributed by atoms with van der Waals surface area (Å²) in [6.07, 6.45) is 0. The SMILES string of the molecule is CC(=O)c1c(C)[nH]c(C(=O)OCC(=O)c2cccc(Br)c2)c1C. The van der Waals surface area contributed by atoms with Gasteiger partial charge in [-0.2, -0.15) is 0 Å². The van der Waals surface area contributed by atoms with Crippen LogP contribution in [0.2, 0.25) is 0 Å². The van der Waals surface area contributed by atoms with Crippen molar-refractivity contribution in [1.82, 2.24) is 4.98 Å². The van der Waals surface area contributed by atoms with E-state index in [2.05, 4.69) is 20.9 Å². The maximum absolute atomic E-state index is 12.1. The first-order valence-corrected chi connectivity index (χ1v) is 7.76. The molecule has 5 nitrogen and oxygen atoms in total. The Bertz CT molecular complexity index is 792. The lowest BCUT2D eigenvalue weighted by atomic mass is 10.1. The molecule has 1 aromatic heterocycles. The Labute approximate surface area is 142 Å². The summed E-state index contributed by atoms with van der Waals surface area (Å²) in [6, 6.07) is 6.85. The number of rotatable bonds is 5. The molecule has 0 radical (unpaired) electrons. The number of aryl methyl sites for hydroxylation is 1. The molecular weight excluding hydrogens is 362 g/mol. The highest BCUT2D eigenvalue weighted by Crippen LogP contribution is 2.19. The first kappa shape index (κ1) is 17.1. The number of esters is 1. The molecule has 1 heterocycles. The maximum Gasteiger partial charge on any atom is 0.355 e. The normalized spacial score (nSPS) is 10.4. The van der Waals surface area contributed by atoms with Gasteiger partial charge in [-0.3, -0.25) is 9.59 Å². The smallest absolute Gasteiger partial charge is 0.355 e. The van der Waals surface area contributed by atoms with Crippen molar-refractivity contribution < 1.29 is 19.1 Å². The Kier molecular flexibility index (Phi) is 5.15. The number of benzene rings is 1. The number of carbonyl (C=O) groups excluding carboxylic acids is 3. The number of halogens is 1. The van der Waals surface area contributed by atoms with Crippen LogP contribution in [-0.4, -0.2) is 29.1 Å². The molecule has 2 aromatic rings. The van der Waals surface area contributed by atoms with Gasteiger partial charge >= 0.3 is 5.97 Å². The zero-order valence-electron chi connectivity index (χ0n) is 13.0. The van der Waals surface area contributed by atoms with E-state index in [9.17, 15) is 14.4 Å². The second-order valence-corrected chi connectivity index (χ2v) is 6.11. The third-order valence-corrected chi connectivity index (χ3v) is 3.97. The molecule has 2 rings (SSSR count). The Morgan fingerprint density at radius 2 is 1.91 bits per heavy atom. The van der Waals surface area contributed by atoms with Gasteiger partial charge < -0.3 is 9.72 Å². The number of hydrogen-bond donors (Lipinski definition) is 1. The average molecular weight is 378 g/mol. The van der Waals surface area contributed by atoms with Crippen LogP contribution in [0.4, 0.5) is 0 Å². The Balaban J connectivity index is 2.10. The molecular formula is C17H16BrNO4. The van der Waals surface area contributed by atoms with Crippen LogP contribution in [0.15, 0.2) is 28.7 Å². The summed E-state index contributed by atoms with van der Waals surface area (Å²) in [6.45, 7) is 4.47. The molecule has 0 aliphatic carbocycles. The Hall–Kier alpha value is -2.21.